The highest BCUT2D eigenvalue weighted by molar-refractivity contribution is 7.14. The van der Waals surface area contributed by atoms with E-state index in [9.17, 15) is 4.79 Å². The highest BCUT2D eigenvalue weighted by Crippen LogP contribution is 2.30. The first-order valence-corrected chi connectivity index (χ1v) is 9.30. The van der Waals surface area contributed by atoms with Crippen molar-refractivity contribution >= 4 is 22.4 Å². The van der Waals surface area contributed by atoms with Gasteiger partial charge in [-0.25, -0.2) is 9.97 Å². The number of ether oxygens (including phenoxy) is 1. The Morgan fingerprint density at radius 2 is 1.96 bits per heavy atom. The number of anilines is 1. The molecule has 1 N–H and O–H groups in total. The number of carbonyl (C=O) groups excluding carboxylic acids is 1. The van der Waals surface area contributed by atoms with Crippen molar-refractivity contribution in [1.82, 2.24) is 9.97 Å². The number of hydrogen-bond acceptors (Lipinski definition) is 5. The normalized spacial score (nSPS) is 10.6. The number of thiazole rings is 1. The Balaban J connectivity index is 1.83. The molecule has 0 unspecified atom stereocenters. The SMILES string of the molecule is CCOc1ncccc1C(=O)Nc1nc(-c2cc(C)c(C)cc2C)cs1. The van der Waals surface area contributed by atoms with Gasteiger partial charge in [-0.1, -0.05) is 6.07 Å². The highest BCUT2D eigenvalue weighted by Gasteiger charge is 2.16. The zero-order chi connectivity index (χ0) is 18.7. The number of pyridine rings is 1. The molecule has 2 aromatic heterocycles. The molecule has 1 amide bonds. The summed E-state index contributed by atoms with van der Waals surface area (Å²) in [5, 5.41) is 5.35. The topological polar surface area (TPSA) is 64.1 Å². The van der Waals surface area contributed by atoms with Crippen molar-refractivity contribution in [2.45, 2.75) is 27.7 Å². The van der Waals surface area contributed by atoms with Crippen molar-refractivity contribution < 1.29 is 9.53 Å². The number of rotatable bonds is 5. The fourth-order valence-electron chi connectivity index (χ4n) is 2.67. The van der Waals surface area contributed by atoms with E-state index in [1.165, 1.54) is 28.0 Å². The third-order valence-corrected chi connectivity index (χ3v) is 4.90. The van der Waals surface area contributed by atoms with Gasteiger partial charge in [-0.05, 0) is 62.6 Å². The molecule has 0 radical (unpaired) electrons. The second-order valence-corrected chi connectivity index (χ2v) is 6.89. The van der Waals surface area contributed by atoms with Crippen molar-refractivity contribution in [3.05, 3.63) is 58.1 Å². The van der Waals surface area contributed by atoms with E-state index in [1.54, 1.807) is 18.3 Å². The third-order valence-electron chi connectivity index (χ3n) is 4.14. The van der Waals surface area contributed by atoms with Crippen LogP contribution in [-0.2, 0) is 0 Å². The maximum atomic E-state index is 12.6. The van der Waals surface area contributed by atoms with E-state index in [4.69, 9.17) is 4.74 Å². The first kappa shape index (κ1) is 18.1. The average molecular weight is 367 g/mol. The lowest BCUT2D eigenvalue weighted by Gasteiger charge is -2.08. The first-order valence-electron chi connectivity index (χ1n) is 8.42. The minimum Gasteiger partial charge on any atom is -0.477 e. The molecule has 0 saturated carbocycles. The molecule has 0 bridgehead atoms. The number of aromatic nitrogens is 2. The molecule has 1 aromatic carbocycles. The molecule has 5 nitrogen and oxygen atoms in total. The Labute approximate surface area is 157 Å². The molecule has 0 atom stereocenters. The summed E-state index contributed by atoms with van der Waals surface area (Å²) in [4.78, 5) is 21.2. The van der Waals surface area contributed by atoms with Gasteiger partial charge in [0.25, 0.3) is 5.91 Å². The highest BCUT2D eigenvalue weighted by atomic mass is 32.1. The molecule has 0 fully saturated rings. The minimum absolute atomic E-state index is 0.278. The van der Waals surface area contributed by atoms with Crippen LogP contribution in [0.15, 0.2) is 35.8 Å². The number of aryl methyl sites for hydroxylation is 3. The van der Waals surface area contributed by atoms with Crippen LogP contribution in [0, 0.1) is 20.8 Å². The largest absolute Gasteiger partial charge is 0.477 e. The molecule has 26 heavy (non-hydrogen) atoms. The van der Waals surface area contributed by atoms with Crippen LogP contribution in [0.1, 0.15) is 34.0 Å². The van der Waals surface area contributed by atoms with Crippen molar-refractivity contribution in [3.63, 3.8) is 0 Å². The third kappa shape index (κ3) is 3.75. The van der Waals surface area contributed by atoms with Crippen molar-refractivity contribution in [1.29, 1.82) is 0 Å². The number of hydrogen-bond donors (Lipinski definition) is 1. The van der Waals surface area contributed by atoms with Crippen LogP contribution in [0.2, 0.25) is 0 Å². The molecule has 0 saturated heterocycles. The van der Waals surface area contributed by atoms with E-state index in [1.807, 2.05) is 12.3 Å². The molecule has 0 aliphatic heterocycles. The Morgan fingerprint density at radius 3 is 2.73 bits per heavy atom. The van der Waals surface area contributed by atoms with E-state index < -0.39 is 0 Å². The maximum Gasteiger partial charge on any atom is 0.262 e. The van der Waals surface area contributed by atoms with E-state index in [0.717, 1.165) is 11.3 Å². The van der Waals surface area contributed by atoms with Gasteiger partial charge in [0.05, 0.1) is 12.3 Å². The predicted octanol–water partition coefficient (Wildman–Crippen LogP) is 4.78. The van der Waals surface area contributed by atoms with Crippen LogP contribution in [0.3, 0.4) is 0 Å². The van der Waals surface area contributed by atoms with Gasteiger partial charge in [-0.3, -0.25) is 10.1 Å². The smallest absolute Gasteiger partial charge is 0.262 e. The van der Waals surface area contributed by atoms with Gasteiger partial charge in [0.15, 0.2) is 5.13 Å². The van der Waals surface area contributed by atoms with Gasteiger partial charge in [0.1, 0.15) is 5.56 Å². The molecule has 2 heterocycles. The van der Waals surface area contributed by atoms with Gasteiger partial charge in [0.2, 0.25) is 5.88 Å². The summed E-state index contributed by atoms with van der Waals surface area (Å²) < 4.78 is 5.42. The number of nitrogens with zero attached hydrogens (tertiary/aromatic N) is 2. The predicted molar refractivity (Wildman–Crippen MR) is 105 cm³/mol. The molecular formula is C20H21N3O2S. The van der Waals surface area contributed by atoms with Gasteiger partial charge in [0, 0.05) is 17.1 Å². The Hall–Kier alpha value is -2.73. The molecular weight excluding hydrogens is 346 g/mol. The standard InChI is InChI=1S/C20H21N3O2S/c1-5-25-19-15(7-6-8-21-19)18(24)23-20-22-17(11-26-20)16-10-13(3)12(2)9-14(16)4/h6-11H,5H2,1-4H3,(H,22,23,24). The van der Waals surface area contributed by atoms with Crippen LogP contribution in [0.25, 0.3) is 11.3 Å². The van der Waals surface area contributed by atoms with Crippen molar-refractivity contribution in [2.75, 3.05) is 11.9 Å². The lowest BCUT2D eigenvalue weighted by Crippen LogP contribution is -2.14. The second kappa shape index (κ2) is 7.66. The monoisotopic (exact) mass is 367 g/mol. The molecule has 3 rings (SSSR count). The molecule has 6 heteroatoms. The lowest BCUT2D eigenvalue weighted by atomic mass is 9.99. The quantitative estimate of drug-likeness (QED) is 0.705. The fraction of sp³-hybridized carbons (Fsp3) is 0.250. The zero-order valence-electron chi connectivity index (χ0n) is 15.3. The molecule has 134 valence electrons. The summed E-state index contributed by atoms with van der Waals surface area (Å²) in [5.74, 6) is 0.0496. The number of benzene rings is 1. The van der Waals surface area contributed by atoms with Crippen LogP contribution < -0.4 is 10.1 Å². The van der Waals surface area contributed by atoms with Gasteiger partial charge >= 0.3 is 0 Å². The minimum atomic E-state index is -0.278. The van der Waals surface area contributed by atoms with E-state index in [-0.39, 0.29) is 5.91 Å². The molecule has 3 aromatic rings. The summed E-state index contributed by atoms with van der Waals surface area (Å²) in [6, 6.07) is 7.70. The molecule has 0 aliphatic rings. The Bertz CT molecular complexity index is 950. The van der Waals surface area contributed by atoms with Crippen molar-refractivity contribution in [2.24, 2.45) is 0 Å². The molecule has 0 aliphatic carbocycles. The summed E-state index contributed by atoms with van der Waals surface area (Å²) in [7, 11) is 0. The summed E-state index contributed by atoms with van der Waals surface area (Å²) in [6.07, 6.45) is 1.60. The Morgan fingerprint density at radius 1 is 1.19 bits per heavy atom. The number of amides is 1. The Kier molecular flexibility index (Phi) is 5.32. The van der Waals surface area contributed by atoms with Crippen LogP contribution >= 0.6 is 11.3 Å². The van der Waals surface area contributed by atoms with E-state index >= 15 is 0 Å². The zero-order valence-corrected chi connectivity index (χ0v) is 16.1. The fourth-order valence-corrected chi connectivity index (χ4v) is 3.38. The molecule has 0 spiro atoms. The second-order valence-electron chi connectivity index (χ2n) is 6.03. The van der Waals surface area contributed by atoms with Crippen molar-refractivity contribution in [3.8, 4) is 17.1 Å². The number of nitrogens with one attached hydrogen (secondary N) is 1. The lowest BCUT2D eigenvalue weighted by molar-refractivity contribution is 0.102. The van der Waals surface area contributed by atoms with Crippen LogP contribution in [-0.4, -0.2) is 22.5 Å². The summed E-state index contributed by atoms with van der Waals surface area (Å²) >= 11 is 1.40. The first-order chi connectivity index (χ1) is 12.5. The van der Waals surface area contributed by atoms with Gasteiger partial charge < -0.3 is 4.74 Å². The van der Waals surface area contributed by atoms with Crippen LogP contribution in [0.4, 0.5) is 5.13 Å². The average Bonchev–Trinajstić information content (AvgIpc) is 3.07. The maximum absolute atomic E-state index is 12.6. The number of carbonyl (C=O) groups is 1. The summed E-state index contributed by atoms with van der Waals surface area (Å²) in [5.41, 5.74) is 6.00. The van der Waals surface area contributed by atoms with E-state index in [2.05, 4.69) is 48.2 Å². The van der Waals surface area contributed by atoms with E-state index in [0.29, 0.717) is 23.2 Å². The van der Waals surface area contributed by atoms with Gasteiger partial charge in [-0.2, -0.15) is 0 Å². The van der Waals surface area contributed by atoms with Crippen LogP contribution in [0.5, 0.6) is 5.88 Å². The summed E-state index contributed by atoms with van der Waals surface area (Å²) in [6.45, 7) is 8.57. The van der Waals surface area contributed by atoms with Gasteiger partial charge in [-0.15, -0.1) is 11.3 Å².